The molecule has 2 heteroatoms. The molecule has 0 aromatic heterocycles. The molecule has 1 fully saturated rings. The minimum atomic E-state index is -0.564. The van der Waals surface area contributed by atoms with Gasteiger partial charge in [-0.3, -0.25) is 4.90 Å². The van der Waals surface area contributed by atoms with Crippen molar-refractivity contribution in [3.8, 4) is 0 Å². The van der Waals surface area contributed by atoms with Gasteiger partial charge < -0.3 is 5.11 Å². The summed E-state index contributed by atoms with van der Waals surface area (Å²) < 4.78 is 0. The van der Waals surface area contributed by atoms with Crippen molar-refractivity contribution >= 4 is 0 Å². The molecule has 0 radical (unpaired) electrons. The number of unbranched alkanes of at least 4 members (excludes halogenated alkanes) is 1. The highest BCUT2D eigenvalue weighted by Crippen LogP contribution is 2.45. The minimum Gasteiger partial charge on any atom is -0.389 e. The van der Waals surface area contributed by atoms with Gasteiger partial charge in [-0.15, -0.1) is 0 Å². The lowest BCUT2D eigenvalue weighted by atomic mass is 10.00. The van der Waals surface area contributed by atoms with Gasteiger partial charge in [0.25, 0.3) is 0 Å². The summed E-state index contributed by atoms with van der Waals surface area (Å²) in [6, 6.07) is 0.939. The average Bonchev–Trinajstić information content (AvgIpc) is 2.72. The third kappa shape index (κ3) is 2.94. The van der Waals surface area contributed by atoms with E-state index in [1.165, 1.54) is 19.3 Å². The minimum absolute atomic E-state index is 0.184. The van der Waals surface area contributed by atoms with E-state index < -0.39 is 5.60 Å². The van der Waals surface area contributed by atoms with Crippen LogP contribution in [0, 0.1) is 0 Å². The lowest BCUT2D eigenvalue weighted by molar-refractivity contribution is 0.0531. The summed E-state index contributed by atoms with van der Waals surface area (Å²) in [5.74, 6) is 0. The predicted molar refractivity (Wildman–Crippen MR) is 65.0 cm³/mol. The van der Waals surface area contributed by atoms with E-state index in [1.54, 1.807) is 0 Å². The molecule has 15 heavy (non-hydrogen) atoms. The Morgan fingerprint density at radius 3 is 1.93 bits per heavy atom. The topological polar surface area (TPSA) is 23.2 Å². The molecule has 0 amide bonds. The molecule has 1 N–H and O–H groups in total. The van der Waals surface area contributed by atoms with Crippen molar-refractivity contribution in [2.75, 3.05) is 0 Å². The fraction of sp³-hybridized carbons (Fsp3) is 1.00. The Balaban J connectivity index is 2.63. The smallest absolute Gasteiger partial charge is 0.0761 e. The monoisotopic (exact) mass is 213 g/mol. The van der Waals surface area contributed by atoms with Gasteiger partial charge in [0.1, 0.15) is 0 Å². The number of aliphatic hydroxyl groups is 1. The van der Waals surface area contributed by atoms with Crippen LogP contribution in [0.15, 0.2) is 0 Å². The highest BCUT2D eigenvalue weighted by atomic mass is 16.3. The van der Waals surface area contributed by atoms with Crippen molar-refractivity contribution in [3.05, 3.63) is 0 Å². The Bertz CT molecular complexity index is 192. The Morgan fingerprint density at radius 1 is 1.13 bits per heavy atom. The molecule has 0 bridgehead atoms. The third-order valence-corrected chi connectivity index (χ3v) is 3.28. The maximum Gasteiger partial charge on any atom is 0.0761 e. The summed E-state index contributed by atoms with van der Waals surface area (Å²) >= 11 is 0. The van der Waals surface area contributed by atoms with Gasteiger partial charge in [-0.2, -0.15) is 0 Å². The van der Waals surface area contributed by atoms with Crippen LogP contribution >= 0.6 is 0 Å². The second-order valence-electron chi connectivity index (χ2n) is 6.39. The van der Waals surface area contributed by atoms with Crippen molar-refractivity contribution in [3.63, 3.8) is 0 Å². The molecule has 0 aromatic rings. The summed E-state index contributed by atoms with van der Waals surface area (Å²) in [5.41, 5.74) is -0.380. The molecule has 1 saturated heterocycles. The van der Waals surface area contributed by atoms with E-state index >= 15 is 0 Å². The molecule has 0 aliphatic carbocycles. The highest BCUT2D eigenvalue weighted by Gasteiger charge is 2.58. The van der Waals surface area contributed by atoms with E-state index in [0.717, 1.165) is 0 Å². The molecule has 90 valence electrons. The fourth-order valence-electron chi connectivity index (χ4n) is 2.72. The fourth-order valence-corrected chi connectivity index (χ4v) is 2.72. The molecule has 1 aliphatic rings. The number of rotatable bonds is 4. The second-order valence-corrected chi connectivity index (χ2v) is 6.39. The van der Waals surface area contributed by atoms with Crippen molar-refractivity contribution < 1.29 is 5.11 Å². The van der Waals surface area contributed by atoms with Crippen LogP contribution < -0.4 is 0 Å². The van der Waals surface area contributed by atoms with Crippen LogP contribution in [0.5, 0.6) is 0 Å². The zero-order valence-electron chi connectivity index (χ0n) is 11.2. The van der Waals surface area contributed by atoms with Crippen LogP contribution in [0.25, 0.3) is 0 Å². The van der Waals surface area contributed by atoms with Gasteiger partial charge in [-0.1, -0.05) is 19.8 Å². The van der Waals surface area contributed by atoms with Gasteiger partial charge in [0.15, 0.2) is 0 Å². The van der Waals surface area contributed by atoms with E-state index in [4.69, 9.17) is 0 Å². The number of hydrogen-bond donors (Lipinski definition) is 1. The van der Waals surface area contributed by atoms with Gasteiger partial charge >= 0.3 is 0 Å². The molecule has 0 saturated carbocycles. The van der Waals surface area contributed by atoms with Crippen LogP contribution in [-0.4, -0.2) is 33.2 Å². The van der Waals surface area contributed by atoms with E-state index in [2.05, 4.69) is 32.6 Å². The molecule has 3 atom stereocenters. The molecular formula is C13H27NO. The zero-order chi connectivity index (χ0) is 11.9. The molecule has 1 aliphatic heterocycles. The Hall–Kier alpha value is -0.0800. The van der Waals surface area contributed by atoms with Crippen molar-refractivity contribution in [1.82, 2.24) is 4.90 Å². The molecular weight excluding hydrogens is 186 g/mol. The van der Waals surface area contributed by atoms with Gasteiger partial charge in [-0.05, 0) is 41.0 Å². The lowest BCUT2D eigenvalue weighted by Gasteiger charge is -2.25. The predicted octanol–water partition coefficient (Wildman–Crippen LogP) is 2.80. The molecule has 1 unspecified atom stereocenters. The van der Waals surface area contributed by atoms with E-state index in [-0.39, 0.29) is 5.54 Å². The first-order valence-electron chi connectivity index (χ1n) is 6.20. The van der Waals surface area contributed by atoms with E-state index in [9.17, 15) is 5.11 Å². The van der Waals surface area contributed by atoms with Crippen LogP contribution in [0.3, 0.4) is 0 Å². The van der Waals surface area contributed by atoms with Crippen molar-refractivity contribution in [2.24, 2.45) is 0 Å². The van der Waals surface area contributed by atoms with Gasteiger partial charge in [-0.25, -0.2) is 0 Å². The van der Waals surface area contributed by atoms with Crippen LogP contribution in [0.2, 0.25) is 0 Å². The van der Waals surface area contributed by atoms with Crippen molar-refractivity contribution in [1.29, 1.82) is 0 Å². The standard InChI is InChI=1S/C13H27NO/c1-7-8-9-10-11(13(5,6)15)14(10)12(2,3)4/h10-11,15H,7-9H2,1-6H3/t10-,11-,14?/m0/s1. The van der Waals surface area contributed by atoms with E-state index in [0.29, 0.717) is 12.1 Å². The quantitative estimate of drug-likeness (QED) is 0.726. The first-order chi connectivity index (χ1) is 6.69. The first-order valence-corrected chi connectivity index (χ1v) is 6.20. The summed E-state index contributed by atoms with van der Waals surface area (Å²) in [5, 5.41) is 10.1. The molecule has 1 rings (SSSR count). The van der Waals surface area contributed by atoms with Crippen molar-refractivity contribution in [2.45, 2.75) is 84.0 Å². The zero-order valence-corrected chi connectivity index (χ0v) is 11.2. The Morgan fingerprint density at radius 2 is 1.67 bits per heavy atom. The molecule has 1 heterocycles. The summed E-state index contributed by atoms with van der Waals surface area (Å²) in [6.45, 7) is 12.8. The van der Waals surface area contributed by atoms with Crippen LogP contribution in [0.4, 0.5) is 0 Å². The summed E-state index contributed by atoms with van der Waals surface area (Å²) in [7, 11) is 0. The Kier molecular flexibility index (Phi) is 3.52. The van der Waals surface area contributed by atoms with Crippen LogP contribution in [0.1, 0.15) is 60.8 Å². The summed E-state index contributed by atoms with van der Waals surface area (Å²) in [4.78, 5) is 2.46. The largest absolute Gasteiger partial charge is 0.389 e. The second kappa shape index (κ2) is 4.06. The maximum atomic E-state index is 10.1. The average molecular weight is 213 g/mol. The molecule has 0 spiro atoms. The lowest BCUT2D eigenvalue weighted by Crippen LogP contribution is -2.36. The SMILES string of the molecule is CCCC[C@H]1[C@@H](C(C)(C)O)N1C(C)(C)C. The third-order valence-electron chi connectivity index (χ3n) is 3.28. The van der Waals surface area contributed by atoms with Gasteiger partial charge in [0.05, 0.1) is 11.6 Å². The first kappa shape index (κ1) is 13.0. The van der Waals surface area contributed by atoms with E-state index in [1.807, 2.05) is 13.8 Å². The Labute approximate surface area is 94.7 Å². The number of nitrogens with zero attached hydrogens (tertiary/aromatic N) is 1. The normalized spacial score (nSPS) is 31.8. The highest BCUT2D eigenvalue weighted by molar-refractivity contribution is 5.13. The van der Waals surface area contributed by atoms with Crippen LogP contribution in [-0.2, 0) is 0 Å². The number of hydrogen-bond acceptors (Lipinski definition) is 2. The molecule has 0 aromatic carbocycles. The maximum absolute atomic E-state index is 10.1. The molecule has 2 nitrogen and oxygen atoms in total. The van der Waals surface area contributed by atoms with Gasteiger partial charge in [0.2, 0.25) is 0 Å². The summed E-state index contributed by atoms with van der Waals surface area (Å²) in [6.07, 6.45) is 3.74. The van der Waals surface area contributed by atoms with Gasteiger partial charge in [0, 0.05) is 11.6 Å².